The van der Waals surface area contributed by atoms with Gasteiger partial charge in [0.25, 0.3) is 0 Å². The summed E-state index contributed by atoms with van der Waals surface area (Å²) in [6.45, 7) is 2.47. The van der Waals surface area contributed by atoms with Crippen LogP contribution in [0.5, 0.6) is 11.5 Å². The van der Waals surface area contributed by atoms with E-state index in [1.807, 2.05) is 18.2 Å². The molecular formula is C27H23F3O5S. The molecule has 0 heterocycles. The van der Waals surface area contributed by atoms with Crippen LogP contribution in [-0.2, 0) is 10.1 Å². The molecule has 36 heavy (non-hydrogen) atoms. The highest BCUT2D eigenvalue weighted by Crippen LogP contribution is 2.35. The predicted octanol–water partition coefficient (Wildman–Crippen LogP) is 7.02. The third-order valence-electron chi connectivity index (χ3n) is 5.72. The van der Waals surface area contributed by atoms with E-state index in [1.165, 1.54) is 12.1 Å². The van der Waals surface area contributed by atoms with Crippen molar-refractivity contribution in [3.05, 3.63) is 83.9 Å². The SMILES string of the molecule is CCCCCOc1ccc(C(=O)c2cccc3ccccc23)c2cc(OS(=O)(=O)C(F)(F)F)ccc12. The zero-order valence-corrected chi connectivity index (χ0v) is 20.2. The lowest BCUT2D eigenvalue weighted by atomic mass is 9.93. The number of unbranched alkanes of at least 4 members (excludes halogenated alkanes) is 2. The van der Waals surface area contributed by atoms with E-state index >= 15 is 0 Å². The number of halogens is 3. The van der Waals surface area contributed by atoms with Gasteiger partial charge in [0.15, 0.2) is 5.78 Å². The summed E-state index contributed by atoms with van der Waals surface area (Å²) >= 11 is 0. The van der Waals surface area contributed by atoms with Gasteiger partial charge < -0.3 is 8.92 Å². The second-order valence-corrected chi connectivity index (χ2v) is 9.75. The number of ether oxygens (including phenoxy) is 1. The Labute approximate surface area is 206 Å². The van der Waals surface area contributed by atoms with Gasteiger partial charge in [0, 0.05) is 21.9 Å². The molecule has 0 amide bonds. The Balaban J connectivity index is 1.84. The fourth-order valence-electron chi connectivity index (χ4n) is 3.95. The zero-order chi connectivity index (χ0) is 25.9. The molecule has 0 saturated carbocycles. The summed E-state index contributed by atoms with van der Waals surface area (Å²) in [6.07, 6.45) is 2.76. The molecule has 188 valence electrons. The first-order valence-corrected chi connectivity index (χ1v) is 12.8. The van der Waals surface area contributed by atoms with Gasteiger partial charge in [-0.2, -0.15) is 21.6 Å². The first-order chi connectivity index (χ1) is 17.1. The van der Waals surface area contributed by atoms with Crippen molar-refractivity contribution in [2.75, 3.05) is 6.61 Å². The van der Waals surface area contributed by atoms with Gasteiger partial charge in [0.05, 0.1) is 6.61 Å². The van der Waals surface area contributed by atoms with E-state index in [1.54, 1.807) is 30.3 Å². The average Bonchev–Trinajstić information content (AvgIpc) is 2.85. The van der Waals surface area contributed by atoms with E-state index in [0.717, 1.165) is 36.8 Å². The molecule has 0 atom stereocenters. The van der Waals surface area contributed by atoms with Gasteiger partial charge in [0.1, 0.15) is 11.5 Å². The van der Waals surface area contributed by atoms with Crippen LogP contribution in [0.25, 0.3) is 21.5 Å². The summed E-state index contributed by atoms with van der Waals surface area (Å²) in [5.74, 6) is -0.499. The lowest BCUT2D eigenvalue weighted by molar-refractivity contribution is -0.0500. The third kappa shape index (κ3) is 5.16. The van der Waals surface area contributed by atoms with Crippen molar-refractivity contribution in [2.45, 2.75) is 31.7 Å². The topological polar surface area (TPSA) is 69.7 Å². The van der Waals surface area contributed by atoms with Gasteiger partial charge in [-0.25, -0.2) is 0 Å². The highest BCUT2D eigenvalue weighted by Gasteiger charge is 2.48. The summed E-state index contributed by atoms with van der Waals surface area (Å²) < 4.78 is 72.0. The highest BCUT2D eigenvalue weighted by molar-refractivity contribution is 7.88. The number of hydrogen-bond acceptors (Lipinski definition) is 5. The normalized spacial score (nSPS) is 12.1. The molecule has 0 radical (unpaired) electrons. The van der Waals surface area contributed by atoms with Gasteiger partial charge >= 0.3 is 15.6 Å². The molecule has 0 aliphatic heterocycles. The van der Waals surface area contributed by atoms with Crippen molar-refractivity contribution in [2.24, 2.45) is 0 Å². The molecule has 9 heteroatoms. The Morgan fingerprint density at radius 2 is 1.56 bits per heavy atom. The van der Waals surface area contributed by atoms with Gasteiger partial charge in [0.2, 0.25) is 0 Å². The lowest BCUT2D eigenvalue weighted by Gasteiger charge is -2.15. The Bertz CT molecular complexity index is 1520. The van der Waals surface area contributed by atoms with Crippen LogP contribution in [0.1, 0.15) is 42.1 Å². The number of rotatable bonds is 9. The molecule has 0 bridgehead atoms. The summed E-state index contributed by atoms with van der Waals surface area (Å²) in [5, 5.41) is 2.24. The van der Waals surface area contributed by atoms with Crippen molar-refractivity contribution in [3.8, 4) is 11.5 Å². The number of alkyl halides is 3. The summed E-state index contributed by atoms with van der Waals surface area (Å²) in [5.41, 5.74) is -5.01. The van der Waals surface area contributed by atoms with Crippen LogP contribution in [0.15, 0.2) is 72.8 Å². The minimum Gasteiger partial charge on any atom is -0.493 e. The summed E-state index contributed by atoms with van der Waals surface area (Å²) in [7, 11) is -5.88. The Morgan fingerprint density at radius 3 is 2.31 bits per heavy atom. The Hall–Kier alpha value is -3.59. The third-order valence-corrected chi connectivity index (χ3v) is 6.70. The number of hydrogen-bond donors (Lipinski definition) is 0. The molecule has 0 saturated heterocycles. The standard InChI is InChI=1S/C27H23F3O5S/c1-2-3-6-16-34-25-15-14-23(26(31)22-11-7-9-18-8-4-5-10-20(18)22)24-17-19(12-13-21(24)25)35-36(32,33)27(28,29)30/h4-5,7-15,17H,2-3,6,16H2,1H3. The van der Waals surface area contributed by atoms with Crippen LogP contribution in [0, 0.1) is 0 Å². The lowest BCUT2D eigenvalue weighted by Crippen LogP contribution is -2.28. The molecule has 0 N–H and O–H groups in total. The molecule has 0 spiro atoms. The summed E-state index contributed by atoms with van der Waals surface area (Å²) in [4.78, 5) is 13.7. The average molecular weight is 517 g/mol. The number of carbonyl (C=O) groups excluding carboxylic acids is 1. The largest absolute Gasteiger partial charge is 0.534 e. The van der Waals surface area contributed by atoms with Crippen LogP contribution < -0.4 is 8.92 Å². The number of carbonyl (C=O) groups is 1. The molecular weight excluding hydrogens is 493 g/mol. The summed E-state index contributed by atoms with van der Waals surface area (Å²) in [6, 6.07) is 19.4. The Morgan fingerprint density at radius 1 is 0.833 bits per heavy atom. The molecule has 0 unspecified atom stereocenters. The van der Waals surface area contributed by atoms with Gasteiger partial charge in [-0.1, -0.05) is 62.2 Å². The maximum atomic E-state index is 13.7. The molecule has 0 fully saturated rings. The minimum atomic E-state index is -5.88. The van der Waals surface area contributed by atoms with Crippen molar-refractivity contribution >= 4 is 37.4 Å². The fraction of sp³-hybridized carbons (Fsp3) is 0.222. The first-order valence-electron chi connectivity index (χ1n) is 11.3. The van der Waals surface area contributed by atoms with Crippen molar-refractivity contribution < 1.29 is 35.3 Å². The maximum absolute atomic E-state index is 13.7. The van der Waals surface area contributed by atoms with E-state index in [0.29, 0.717) is 28.7 Å². The van der Waals surface area contributed by atoms with Crippen LogP contribution in [-0.4, -0.2) is 26.3 Å². The molecule has 4 rings (SSSR count). The number of ketones is 1. The Kier molecular flexibility index (Phi) is 7.21. The highest BCUT2D eigenvalue weighted by atomic mass is 32.2. The van der Waals surface area contributed by atoms with Crippen molar-refractivity contribution in [1.82, 2.24) is 0 Å². The minimum absolute atomic E-state index is 0.178. The van der Waals surface area contributed by atoms with Crippen LogP contribution in [0.3, 0.4) is 0 Å². The van der Waals surface area contributed by atoms with Gasteiger partial charge in [-0.05, 0) is 47.5 Å². The van der Waals surface area contributed by atoms with Gasteiger partial charge in [-0.3, -0.25) is 4.79 Å². The van der Waals surface area contributed by atoms with E-state index in [-0.39, 0.29) is 16.7 Å². The second-order valence-electron chi connectivity index (χ2n) is 8.21. The maximum Gasteiger partial charge on any atom is 0.534 e. The molecule has 4 aromatic carbocycles. The van der Waals surface area contributed by atoms with Crippen LogP contribution in [0.4, 0.5) is 13.2 Å². The molecule has 4 aromatic rings. The second kappa shape index (κ2) is 10.2. The van der Waals surface area contributed by atoms with Crippen LogP contribution in [0.2, 0.25) is 0 Å². The van der Waals surface area contributed by atoms with E-state index in [4.69, 9.17) is 4.74 Å². The quantitative estimate of drug-likeness (QED) is 0.103. The predicted molar refractivity (Wildman–Crippen MR) is 132 cm³/mol. The zero-order valence-electron chi connectivity index (χ0n) is 19.3. The van der Waals surface area contributed by atoms with E-state index < -0.39 is 21.4 Å². The first kappa shape index (κ1) is 25.5. The molecule has 0 aliphatic rings. The smallest absolute Gasteiger partial charge is 0.493 e. The monoisotopic (exact) mass is 516 g/mol. The van der Waals surface area contributed by atoms with E-state index in [9.17, 15) is 26.4 Å². The number of fused-ring (bicyclic) bond motifs is 2. The molecule has 0 aromatic heterocycles. The fourth-order valence-corrected chi connectivity index (χ4v) is 4.40. The molecule has 0 aliphatic carbocycles. The number of benzene rings is 4. The van der Waals surface area contributed by atoms with Crippen LogP contribution >= 0.6 is 0 Å². The van der Waals surface area contributed by atoms with Gasteiger partial charge in [-0.15, -0.1) is 0 Å². The molecule has 5 nitrogen and oxygen atoms in total. The van der Waals surface area contributed by atoms with Crippen molar-refractivity contribution in [1.29, 1.82) is 0 Å². The van der Waals surface area contributed by atoms with Crippen molar-refractivity contribution in [3.63, 3.8) is 0 Å². The van der Waals surface area contributed by atoms with E-state index in [2.05, 4.69) is 11.1 Å².